The van der Waals surface area contributed by atoms with E-state index in [9.17, 15) is 4.79 Å². The summed E-state index contributed by atoms with van der Waals surface area (Å²) in [7, 11) is 0. The van der Waals surface area contributed by atoms with Crippen molar-refractivity contribution in [3.8, 4) is 0 Å². The summed E-state index contributed by atoms with van der Waals surface area (Å²) in [4.78, 5) is 11.9. The second-order valence-corrected chi connectivity index (χ2v) is 9.52. The number of aldehydes is 1. The molecule has 0 fully saturated rings. The summed E-state index contributed by atoms with van der Waals surface area (Å²) in [6.07, 6.45) is 25.9. The molecule has 0 heterocycles. The van der Waals surface area contributed by atoms with E-state index in [1.54, 1.807) is 6.92 Å². The minimum absolute atomic E-state index is 0. The second-order valence-electron chi connectivity index (χ2n) is 9.52. The van der Waals surface area contributed by atoms with Gasteiger partial charge in [-0.3, -0.25) is 10.1 Å². The van der Waals surface area contributed by atoms with Crippen LogP contribution in [-0.4, -0.2) is 39.7 Å². The average Bonchev–Trinajstić information content (AvgIpc) is 2.77. The zero-order chi connectivity index (χ0) is 24.6. The van der Waals surface area contributed by atoms with Gasteiger partial charge in [0.15, 0.2) is 0 Å². The van der Waals surface area contributed by atoms with Crippen LogP contribution in [0.3, 0.4) is 0 Å². The Hall–Kier alpha value is -0.690. The Balaban J connectivity index is 0. The third-order valence-electron chi connectivity index (χ3n) is 6.09. The number of nitrogens with one attached hydrogen (secondary N) is 1. The molecule has 0 rings (SSSR count). The fourth-order valence-corrected chi connectivity index (χ4v) is 4.02. The summed E-state index contributed by atoms with van der Waals surface area (Å²) in [5.74, 6) is -3.12. The lowest BCUT2D eigenvalue weighted by molar-refractivity contribution is -0.515. The van der Waals surface area contributed by atoms with E-state index in [1.165, 1.54) is 103 Å². The van der Waals surface area contributed by atoms with E-state index in [4.69, 9.17) is 19.7 Å². The van der Waals surface area contributed by atoms with Crippen LogP contribution >= 0.6 is 0 Å². The first kappa shape index (κ1) is 35.5. The maximum atomic E-state index is 11.9. The largest absolute Gasteiger partial charge is 1.00 e. The zero-order valence-corrected chi connectivity index (χ0v) is 22.8. The third-order valence-corrected chi connectivity index (χ3v) is 6.09. The summed E-state index contributed by atoms with van der Waals surface area (Å²) < 4.78 is 4.96. The summed E-state index contributed by atoms with van der Waals surface area (Å²) in [5.41, 5.74) is 0. The average molecular weight is 508 g/mol. The highest BCUT2D eigenvalue weighted by molar-refractivity contribution is 5.76. The molecule has 4 N–H and O–H groups in total. The lowest BCUT2D eigenvalue weighted by atomic mass is 10.0. The Labute approximate surface area is 215 Å². The van der Waals surface area contributed by atoms with Crippen LogP contribution in [0.15, 0.2) is 0 Å². The Bertz CT molecular complexity index is 468. The van der Waals surface area contributed by atoms with E-state index in [2.05, 4.69) is 12.2 Å². The highest BCUT2D eigenvalue weighted by Gasteiger charge is 2.26. The number of carbonyl (C=O) groups excluding carboxylic acids is 2. The molecule has 0 saturated carbocycles. The summed E-state index contributed by atoms with van der Waals surface area (Å²) in [6, 6.07) is 0. The predicted octanol–water partition coefficient (Wildman–Crippen LogP) is 3.03. The molecule has 0 aliphatic heterocycles. The van der Waals surface area contributed by atoms with E-state index in [0.29, 0.717) is 19.1 Å². The van der Waals surface area contributed by atoms with Gasteiger partial charge < -0.3 is 27.7 Å². The fourth-order valence-electron chi connectivity index (χ4n) is 4.02. The molecule has 0 saturated heterocycles. The van der Waals surface area contributed by atoms with E-state index >= 15 is 0 Å². The van der Waals surface area contributed by atoms with Gasteiger partial charge in [-0.1, -0.05) is 129 Å². The maximum Gasteiger partial charge on any atom is 0.390 e. The van der Waals surface area contributed by atoms with E-state index in [-0.39, 0.29) is 18.3 Å². The number of amides is 1. The molecule has 0 spiro atoms. The van der Waals surface area contributed by atoms with Crippen molar-refractivity contribution in [3.63, 3.8) is 0 Å². The van der Waals surface area contributed by atoms with Crippen molar-refractivity contribution in [1.82, 2.24) is 5.32 Å². The highest BCUT2D eigenvalue weighted by atomic mass is 35.5. The van der Waals surface area contributed by atoms with Gasteiger partial charge in [-0.15, -0.1) is 0 Å². The van der Waals surface area contributed by atoms with Crippen LogP contribution in [0, 0.1) is 0 Å². The molecule has 7 heteroatoms. The van der Waals surface area contributed by atoms with Crippen LogP contribution < -0.4 is 17.7 Å². The molecule has 0 aliphatic carbocycles. The van der Waals surface area contributed by atoms with Crippen molar-refractivity contribution >= 4 is 12.2 Å². The highest BCUT2D eigenvalue weighted by Crippen LogP contribution is 2.14. The van der Waals surface area contributed by atoms with Gasteiger partial charge in [-0.25, -0.2) is 4.42 Å². The van der Waals surface area contributed by atoms with Gasteiger partial charge in [0.05, 0.1) is 6.42 Å². The fraction of sp³-hybridized carbons (Fsp3) is 0.926. The van der Waals surface area contributed by atoms with Crippen molar-refractivity contribution in [2.24, 2.45) is 0 Å². The predicted molar refractivity (Wildman–Crippen MR) is 136 cm³/mol. The number of carbonyl (C=O) groups is 1. The van der Waals surface area contributed by atoms with Crippen LogP contribution in [-0.2, 0) is 9.22 Å². The van der Waals surface area contributed by atoms with Crippen molar-refractivity contribution in [3.05, 3.63) is 0 Å². The van der Waals surface area contributed by atoms with Crippen LogP contribution in [0.25, 0.3) is 0 Å². The smallest absolute Gasteiger partial charge is 0.390 e. The van der Waals surface area contributed by atoms with Gasteiger partial charge in [0, 0.05) is 6.42 Å². The number of aliphatic hydroxyl groups is 3. The second kappa shape index (κ2) is 25.4. The molecule has 1 atom stereocenters. The molecule has 0 aliphatic rings. The molecule has 0 aromatic rings. The molecule has 6 nitrogen and oxygen atoms in total. The molecule has 0 radical (unpaired) electrons. The van der Waals surface area contributed by atoms with Gasteiger partial charge in [-0.05, 0) is 6.42 Å². The lowest BCUT2D eigenvalue weighted by Crippen LogP contribution is -3.00. The Kier molecular flexibility index (Phi) is 26.5. The molecule has 0 bridgehead atoms. The van der Waals surface area contributed by atoms with Crippen molar-refractivity contribution in [1.29, 1.82) is 0 Å². The number of hydrogen-bond donors (Lipinski definition) is 4. The minimum atomic E-state index is -2.99. The molecule has 34 heavy (non-hydrogen) atoms. The summed E-state index contributed by atoms with van der Waals surface area (Å²) >= 11 is 0. The van der Waals surface area contributed by atoms with E-state index in [0.717, 1.165) is 19.3 Å². The molecule has 0 aromatic carbocycles. The quantitative estimate of drug-likeness (QED) is 0.0698. The summed E-state index contributed by atoms with van der Waals surface area (Å²) in [6.45, 7) is 4.07. The third kappa shape index (κ3) is 27.6. The van der Waals surface area contributed by atoms with Crippen LogP contribution in [0.2, 0.25) is 0 Å². The SMILES string of the molecule is CCCCCCCCCCCCCCCCCCCCCC(=O)NC(CC)[O+]=CC(O)(O)O.[Cl-]. The Morgan fingerprint density at radius 2 is 1.06 bits per heavy atom. The number of hydrogen-bond acceptors (Lipinski definition) is 4. The molecule has 0 aromatic heterocycles. The summed E-state index contributed by atoms with van der Waals surface area (Å²) in [5, 5.41) is 29.0. The van der Waals surface area contributed by atoms with Crippen molar-refractivity contribution in [2.75, 3.05) is 0 Å². The van der Waals surface area contributed by atoms with Crippen molar-refractivity contribution < 1.29 is 36.9 Å². The zero-order valence-electron chi connectivity index (χ0n) is 22.0. The van der Waals surface area contributed by atoms with Gasteiger partial charge >= 0.3 is 18.5 Å². The molecule has 1 amide bonds. The molecular weight excluding hydrogens is 454 g/mol. The van der Waals surface area contributed by atoms with E-state index < -0.39 is 12.2 Å². The van der Waals surface area contributed by atoms with Gasteiger partial charge in [0.1, 0.15) is 0 Å². The first-order valence-corrected chi connectivity index (χ1v) is 13.8. The standard InChI is InChI=1S/C27H53NO5.ClH/c1-3-5-6-7-8-9-10-11-12-13-14-15-16-17-18-19-20-21-22-23-25(29)28-26(4-2)33-24-27(30,31)32;/h24,26,30-32H,3-23H2,1-2H3;1H. The van der Waals surface area contributed by atoms with Gasteiger partial charge in [-0.2, -0.15) is 0 Å². The lowest BCUT2D eigenvalue weighted by Gasteiger charge is -2.06. The first-order chi connectivity index (χ1) is 15.9. The maximum absolute atomic E-state index is 11.9. The van der Waals surface area contributed by atoms with Crippen molar-refractivity contribution in [2.45, 2.75) is 161 Å². The molecular formula is C27H54ClNO5. The number of rotatable bonds is 24. The van der Waals surface area contributed by atoms with Crippen LogP contribution in [0.5, 0.6) is 0 Å². The van der Waals surface area contributed by atoms with Gasteiger partial charge in [0.2, 0.25) is 5.91 Å². The normalized spacial score (nSPS) is 12.6. The van der Waals surface area contributed by atoms with Crippen LogP contribution in [0.1, 0.15) is 149 Å². The van der Waals surface area contributed by atoms with E-state index in [1.807, 2.05) is 0 Å². The number of unbranched alkanes of at least 4 members (excludes halogenated alkanes) is 18. The Morgan fingerprint density at radius 3 is 1.38 bits per heavy atom. The first-order valence-electron chi connectivity index (χ1n) is 13.8. The Morgan fingerprint density at radius 1 is 0.706 bits per heavy atom. The molecule has 204 valence electrons. The van der Waals surface area contributed by atoms with Gasteiger partial charge in [0.25, 0.3) is 0 Å². The minimum Gasteiger partial charge on any atom is -1.00 e. The van der Waals surface area contributed by atoms with Crippen LogP contribution in [0.4, 0.5) is 0 Å². The monoisotopic (exact) mass is 507 g/mol. The number of halogens is 1. The molecule has 1 unspecified atom stereocenters. The topological polar surface area (TPSA) is 101 Å².